The first kappa shape index (κ1) is 14.6. The normalized spacial score (nSPS) is 10.4. The number of unbranched alkanes of at least 4 members (excludes halogenated alkanes) is 2. The number of aliphatic hydroxyl groups excluding tert-OH is 1. The molecule has 1 rings (SSSR count). The fraction of sp³-hybridized carbons (Fsp3) is 0.462. The molecule has 0 saturated carbocycles. The van der Waals surface area contributed by atoms with Crippen molar-refractivity contribution in [3.8, 4) is 0 Å². The SMILES string of the molecule is O=C(Cc1cccc(F)c1F)NCCCCCO. The quantitative estimate of drug-likeness (QED) is 0.732. The molecule has 0 aromatic heterocycles. The van der Waals surface area contributed by atoms with E-state index in [1.165, 1.54) is 12.1 Å². The minimum atomic E-state index is -0.965. The van der Waals surface area contributed by atoms with Gasteiger partial charge in [0.05, 0.1) is 6.42 Å². The number of amides is 1. The first-order chi connectivity index (χ1) is 8.65. The average Bonchev–Trinajstić information content (AvgIpc) is 2.35. The monoisotopic (exact) mass is 257 g/mol. The van der Waals surface area contributed by atoms with Crippen molar-refractivity contribution in [3.05, 3.63) is 35.4 Å². The summed E-state index contributed by atoms with van der Waals surface area (Å²) in [5.74, 6) is -2.24. The van der Waals surface area contributed by atoms with E-state index >= 15 is 0 Å². The third kappa shape index (κ3) is 4.79. The van der Waals surface area contributed by atoms with E-state index < -0.39 is 11.6 Å². The molecule has 0 unspecified atom stereocenters. The van der Waals surface area contributed by atoms with Crippen LogP contribution in [0.2, 0.25) is 0 Å². The molecule has 1 amide bonds. The van der Waals surface area contributed by atoms with E-state index in [0.29, 0.717) is 13.0 Å². The van der Waals surface area contributed by atoms with Crippen molar-refractivity contribution >= 4 is 5.91 Å². The molecule has 2 N–H and O–H groups in total. The molecule has 0 aliphatic heterocycles. The summed E-state index contributed by atoms with van der Waals surface area (Å²) < 4.78 is 26.2. The third-order valence-electron chi connectivity index (χ3n) is 2.54. The lowest BCUT2D eigenvalue weighted by Crippen LogP contribution is -2.26. The topological polar surface area (TPSA) is 49.3 Å². The molecule has 0 atom stereocenters. The fourth-order valence-electron chi connectivity index (χ4n) is 1.56. The Balaban J connectivity index is 2.34. The molecular formula is C13H17F2NO2. The van der Waals surface area contributed by atoms with Crippen LogP contribution in [-0.4, -0.2) is 24.2 Å². The molecular weight excluding hydrogens is 240 g/mol. The van der Waals surface area contributed by atoms with Gasteiger partial charge in [0.25, 0.3) is 0 Å². The number of hydrogen-bond donors (Lipinski definition) is 2. The highest BCUT2D eigenvalue weighted by atomic mass is 19.2. The molecule has 5 heteroatoms. The maximum atomic E-state index is 13.3. The molecule has 0 fully saturated rings. The Kier molecular flexibility index (Phi) is 6.28. The third-order valence-corrected chi connectivity index (χ3v) is 2.54. The lowest BCUT2D eigenvalue weighted by atomic mass is 10.1. The van der Waals surface area contributed by atoms with Gasteiger partial charge in [-0.2, -0.15) is 0 Å². The van der Waals surface area contributed by atoms with Gasteiger partial charge in [0.2, 0.25) is 5.91 Å². The van der Waals surface area contributed by atoms with Crippen LogP contribution in [0.15, 0.2) is 18.2 Å². The lowest BCUT2D eigenvalue weighted by Gasteiger charge is -2.06. The molecule has 0 bridgehead atoms. The first-order valence-electron chi connectivity index (χ1n) is 5.95. The van der Waals surface area contributed by atoms with Crippen molar-refractivity contribution in [3.63, 3.8) is 0 Å². The molecule has 0 spiro atoms. The standard InChI is InChI=1S/C13H17F2NO2/c14-11-6-4-5-10(13(11)15)9-12(18)16-7-2-1-3-8-17/h4-6,17H,1-3,7-9H2,(H,16,18). The van der Waals surface area contributed by atoms with Gasteiger partial charge in [-0.25, -0.2) is 8.78 Å². The number of benzene rings is 1. The Labute approximate surface area is 105 Å². The zero-order chi connectivity index (χ0) is 13.4. The predicted molar refractivity (Wildman–Crippen MR) is 64.0 cm³/mol. The summed E-state index contributed by atoms with van der Waals surface area (Å²) in [5, 5.41) is 11.2. The van der Waals surface area contributed by atoms with Crippen LogP contribution in [0, 0.1) is 11.6 Å². The minimum absolute atomic E-state index is 0.0582. The number of nitrogens with one attached hydrogen (secondary N) is 1. The van der Waals surface area contributed by atoms with Gasteiger partial charge in [-0.3, -0.25) is 4.79 Å². The van der Waals surface area contributed by atoms with Gasteiger partial charge in [-0.15, -0.1) is 0 Å². The van der Waals surface area contributed by atoms with E-state index in [0.717, 1.165) is 18.9 Å². The van der Waals surface area contributed by atoms with Gasteiger partial charge in [0.15, 0.2) is 11.6 Å². The Bertz CT molecular complexity index is 397. The second-order valence-electron chi connectivity index (χ2n) is 4.02. The summed E-state index contributed by atoms with van der Waals surface area (Å²) in [7, 11) is 0. The summed E-state index contributed by atoms with van der Waals surface area (Å²) in [4.78, 5) is 11.5. The van der Waals surface area contributed by atoms with E-state index in [-0.39, 0.29) is 24.5 Å². The van der Waals surface area contributed by atoms with Crippen molar-refractivity contribution in [1.82, 2.24) is 5.32 Å². The zero-order valence-electron chi connectivity index (χ0n) is 10.1. The van der Waals surface area contributed by atoms with Gasteiger partial charge < -0.3 is 10.4 Å². The van der Waals surface area contributed by atoms with E-state index in [2.05, 4.69) is 5.32 Å². The first-order valence-corrected chi connectivity index (χ1v) is 5.95. The Morgan fingerprint density at radius 3 is 2.72 bits per heavy atom. The highest BCUT2D eigenvalue weighted by Crippen LogP contribution is 2.11. The van der Waals surface area contributed by atoms with E-state index in [1.54, 1.807) is 0 Å². The molecule has 3 nitrogen and oxygen atoms in total. The summed E-state index contributed by atoms with van der Waals surface area (Å²) in [5.41, 5.74) is 0.0582. The molecule has 1 aromatic rings. The Hall–Kier alpha value is -1.49. The number of halogens is 2. The number of hydrogen-bond acceptors (Lipinski definition) is 2. The minimum Gasteiger partial charge on any atom is -0.396 e. The lowest BCUT2D eigenvalue weighted by molar-refractivity contribution is -0.120. The second-order valence-corrected chi connectivity index (χ2v) is 4.02. The molecule has 0 aliphatic carbocycles. The number of aliphatic hydroxyl groups is 1. The van der Waals surface area contributed by atoms with Crippen molar-refractivity contribution in [1.29, 1.82) is 0 Å². The Morgan fingerprint density at radius 1 is 1.22 bits per heavy atom. The number of carbonyl (C=O) groups is 1. The van der Waals surface area contributed by atoms with Crippen LogP contribution in [-0.2, 0) is 11.2 Å². The molecule has 100 valence electrons. The molecule has 0 saturated heterocycles. The number of carbonyl (C=O) groups excluding carboxylic acids is 1. The van der Waals surface area contributed by atoms with Crippen LogP contribution in [0.3, 0.4) is 0 Å². The average molecular weight is 257 g/mol. The van der Waals surface area contributed by atoms with Crippen molar-refractivity contribution in [2.75, 3.05) is 13.2 Å². The van der Waals surface area contributed by atoms with Gasteiger partial charge in [-0.05, 0) is 25.3 Å². The second kappa shape index (κ2) is 7.76. The van der Waals surface area contributed by atoms with Gasteiger partial charge in [0.1, 0.15) is 0 Å². The summed E-state index contributed by atoms with van der Waals surface area (Å²) in [6, 6.07) is 3.79. The molecule has 18 heavy (non-hydrogen) atoms. The van der Waals surface area contributed by atoms with Crippen LogP contribution in [0.4, 0.5) is 8.78 Å². The summed E-state index contributed by atoms with van der Waals surface area (Å²) in [6.07, 6.45) is 2.13. The van der Waals surface area contributed by atoms with Crippen LogP contribution in [0.5, 0.6) is 0 Å². The molecule has 0 radical (unpaired) electrons. The largest absolute Gasteiger partial charge is 0.396 e. The smallest absolute Gasteiger partial charge is 0.224 e. The predicted octanol–water partition coefficient (Wildman–Crippen LogP) is 1.79. The van der Waals surface area contributed by atoms with E-state index in [1.807, 2.05) is 0 Å². The highest BCUT2D eigenvalue weighted by molar-refractivity contribution is 5.78. The van der Waals surface area contributed by atoms with Crippen molar-refractivity contribution < 1.29 is 18.7 Å². The number of rotatable bonds is 7. The maximum Gasteiger partial charge on any atom is 0.224 e. The van der Waals surface area contributed by atoms with Crippen molar-refractivity contribution in [2.24, 2.45) is 0 Å². The van der Waals surface area contributed by atoms with Crippen LogP contribution < -0.4 is 5.32 Å². The molecule has 0 heterocycles. The van der Waals surface area contributed by atoms with Crippen molar-refractivity contribution in [2.45, 2.75) is 25.7 Å². The Morgan fingerprint density at radius 2 is 2.00 bits per heavy atom. The maximum absolute atomic E-state index is 13.3. The zero-order valence-corrected chi connectivity index (χ0v) is 10.1. The molecule has 0 aliphatic rings. The summed E-state index contributed by atoms with van der Waals surface area (Å²) >= 11 is 0. The van der Waals surface area contributed by atoms with Gasteiger partial charge in [0, 0.05) is 18.7 Å². The van der Waals surface area contributed by atoms with Crippen LogP contribution in [0.1, 0.15) is 24.8 Å². The van der Waals surface area contributed by atoms with Gasteiger partial charge >= 0.3 is 0 Å². The van der Waals surface area contributed by atoms with E-state index in [4.69, 9.17) is 5.11 Å². The van der Waals surface area contributed by atoms with Crippen LogP contribution in [0.25, 0.3) is 0 Å². The van der Waals surface area contributed by atoms with Gasteiger partial charge in [-0.1, -0.05) is 12.1 Å². The van der Waals surface area contributed by atoms with E-state index in [9.17, 15) is 13.6 Å². The fourth-order valence-corrected chi connectivity index (χ4v) is 1.56. The summed E-state index contributed by atoms with van der Waals surface area (Å²) in [6.45, 7) is 0.623. The molecule has 1 aromatic carbocycles. The van der Waals surface area contributed by atoms with Crippen LogP contribution >= 0.6 is 0 Å². The highest BCUT2D eigenvalue weighted by Gasteiger charge is 2.10.